The second-order valence-electron chi connectivity index (χ2n) is 10.1. The van der Waals surface area contributed by atoms with Crippen molar-refractivity contribution in [1.82, 2.24) is 14.9 Å². The molecule has 0 aliphatic carbocycles. The quantitative estimate of drug-likeness (QED) is 0.331. The summed E-state index contributed by atoms with van der Waals surface area (Å²) in [6, 6.07) is 18.9. The summed E-state index contributed by atoms with van der Waals surface area (Å²) in [6.45, 7) is 6.76. The smallest absolute Gasteiger partial charge is 0.214 e. The van der Waals surface area contributed by atoms with Crippen LogP contribution in [0.15, 0.2) is 60.8 Å². The fourth-order valence-electron chi connectivity index (χ4n) is 6.34. The third kappa shape index (κ3) is 4.02. The molecule has 35 heavy (non-hydrogen) atoms. The highest BCUT2D eigenvalue weighted by Gasteiger charge is 2.44. The van der Waals surface area contributed by atoms with Gasteiger partial charge in [0, 0.05) is 35.1 Å². The average molecular weight is 468 g/mol. The highest BCUT2D eigenvalue weighted by molar-refractivity contribution is 5.84. The van der Waals surface area contributed by atoms with Crippen molar-refractivity contribution in [3.63, 3.8) is 0 Å². The minimum absolute atomic E-state index is 0.138. The number of ether oxygens (including phenoxy) is 2. The number of hydrogen-bond donors (Lipinski definition) is 0. The molecule has 5 nitrogen and oxygen atoms in total. The molecule has 5 heteroatoms. The van der Waals surface area contributed by atoms with Gasteiger partial charge in [-0.25, -0.2) is 4.98 Å². The lowest BCUT2D eigenvalue weighted by molar-refractivity contribution is -0.0492. The first-order chi connectivity index (χ1) is 17.1. The van der Waals surface area contributed by atoms with Gasteiger partial charge in [0.1, 0.15) is 11.9 Å². The molecular weight excluding hydrogens is 434 g/mol. The van der Waals surface area contributed by atoms with Gasteiger partial charge in [-0.2, -0.15) is 0 Å². The van der Waals surface area contributed by atoms with Crippen molar-refractivity contribution in [3.8, 4) is 11.6 Å². The third-order valence-corrected chi connectivity index (χ3v) is 8.25. The molecule has 3 fully saturated rings. The summed E-state index contributed by atoms with van der Waals surface area (Å²) in [5.41, 5.74) is 4.27. The first kappa shape index (κ1) is 22.3. The fraction of sp³-hybridized carbons (Fsp3) is 0.400. The molecule has 2 aromatic carbocycles. The van der Waals surface area contributed by atoms with Crippen molar-refractivity contribution in [2.75, 3.05) is 20.2 Å². The van der Waals surface area contributed by atoms with E-state index in [0.29, 0.717) is 11.9 Å². The van der Waals surface area contributed by atoms with E-state index in [0.717, 1.165) is 59.1 Å². The topological polar surface area (TPSA) is 47.5 Å². The zero-order valence-corrected chi connectivity index (χ0v) is 20.8. The fourth-order valence-corrected chi connectivity index (χ4v) is 6.34. The molecular formula is C30H33N3O2. The lowest BCUT2D eigenvalue weighted by Crippen LogP contribution is -2.56. The normalized spacial score (nSPS) is 24.5. The van der Waals surface area contributed by atoms with Crippen LogP contribution in [-0.2, 0) is 0 Å². The van der Waals surface area contributed by atoms with Gasteiger partial charge in [0.05, 0.1) is 24.2 Å². The number of para-hydroxylation sites is 1. The van der Waals surface area contributed by atoms with E-state index in [1.165, 1.54) is 23.8 Å². The van der Waals surface area contributed by atoms with Gasteiger partial charge in [0.25, 0.3) is 0 Å². The summed E-state index contributed by atoms with van der Waals surface area (Å²) in [6.07, 6.45) is 5.47. The molecule has 3 aliphatic heterocycles. The molecule has 0 spiro atoms. The first-order valence-electron chi connectivity index (χ1n) is 12.8. The maximum Gasteiger partial charge on any atom is 0.214 e. The molecule has 2 aromatic heterocycles. The molecule has 5 atom stereocenters. The van der Waals surface area contributed by atoms with Crippen LogP contribution in [0, 0.1) is 18.8 Å². The van der Waals surface area contributed by atoms with E-state index in [1.807, 2.05) is 24.4 Å². The molecule has 0 radical (unpaired) electrons. The molecule has 7 rings (SSSR count). The molecule has 3 saturated heterocycles. The Morgan fingerprint density at radius 3 is 2.74 bits per heavy atom. The Morgan fingerprint density at radius 2 is 1.94 bits per heavy atom. The maximum absolute atomic E-state index is 6.91. The number of benzene rings is 2. The number of aromatic nitrogens is 2. The average Bonchev–Trinajstić information content (AvgIpc) is 2.91. The van der Waals surface area contributed by atoms with Gasteiger partial charge in [-0.3, -0.25) is 9.88 Å². The standard InChI is InChI=1S/C30H33N3O2/c1-4-20-18-33-14-12-21(20)16-28(33)30(24-11-13-31-26-10-9-22(34-3)17-25(24)26)35-29-15-19(2)23-7-5-6-8-27(23)32-29/h5-11,13,15,17,20-21,28,30H,4,12,14,16,18H2,1-3H3/t20-,21?,28?,30-/m1/s1. The highest BCUT2D eigenvalue weighted by atomic mass is 16.5. The molecule has 0 N–H and O–H groups in total. The van der Waals surface area contributed by atoms with Crippen LogP contribution < -0.4 is 9.47 Å². The molecule has 3 unspecified atom stereocenters. The van der Waals surface area contributed by atoms with Crippen LogP contribution in [0.5, 0.6) is 11.6 Å². The van der Waals surface area contributed by atoms with Crippen LogP contribution in [0.3, 0.4) is 0 Å². The van der Waals surface area contributed by atoms with Gasteiger partial charge in [-0.15, -0.1) is 0 Å². The van der Waals surface area contributed by atoms with Gasteiger partial charge < -0.3 is 9.47 Å². The van der Waals surface area contributed by atoms with Gasteiger partial charge in [0.2, 0.25) is 5.88 Å². The van der Waals surface area contributed by atoms with Crippen molar-refractivity contribution in [1.29, 1.82) is 0 Å². The second-order valence-corrected chi connectivity index (χ2v) is 10.1. The summed E-state index contributed by atoms with van der Waals surface area (Å²) < 4.78 is 12.5. The third-order valence-electron chi connectivity index (χ3n) is 8.25. The number of aryl methyl sites for hydroxylation is 1. The minimum Gasteiger partial charge on any atom is -0.497 e. The summed E-state index contributed by atoms with van der Waals surface area (Å²) in [4.78, 5) is 12.2. The predicted octanol–water partition coefficient (Wildman–Crippen LogP) is 6.34. The van der Waals surface area contributed by atoms with E-state index in [1.54, 1.807) is 7.11 Å². The minimum atomic E-state index is -0.138. The van der Waals surface area contributed by atoms with Crippen LogP contribution in [0.25, 0.3) is 21.8 Å². The number of pyridine rings is 2. The Balaban J connectivity index is 1.46. The second kappa shape index (κ2) is 9.12. The van der Waals surface area contributed by atoms with Crippen molar-refractivity contribution in [2.24, 2.45) is 11.8 Å². The number of fused-ring (bicyclic) bond motifs is 5. The summed E-state index contributed by atoms with van der Waals surface area (Å²) in [7, 11) is 1.71. The Kier molecular flexibility index (Phi) is 5.81. The lowest BCUT2D eigenvalue weighted by Gasteiger charge is -2.51. The number of nitrogens with zero attached hydrogens (tertiary/aromatic N) is 3. The maximum atomic E-state index is 6.91. The Morgan fingerprint density at radius 1 is 1.06 bits per heavy atom. The van der Waals surface area contributed by atoms with Crippen molar-refractivity contribution < 1.29 is 9.47 Å². The molecule has 180 valence electrons. The number of rotatable bonds is 6. The SMILES string of the molecule is CC[C@@H]1CN2CCC1CC2[C@H](Oc1cc(C)c2ccccc2n1)c1ccnc2ccc(OC)cc12. The zero-order chi connectivity index (χ0) is 23.9. The molecule has 0 amide bonds. The van der Waals surface area contributed by atoms with Crippen LogP contribution in [-0.4, -0.2) is 41.1 Å². The molecule has 4 aromatic rings. The monoisotopic (exact) mass is 467 g/mol. The van der Waals surface area contributed by atoms with E-state index >= 15 is 0 Å². The van der Waals surface area contributed by atoms with Gasteiger partial charge in [-0.05, 0) is 74.0 Å². The largest absolute Gasteiger partial charge is 0.497 e. The van der Waals surface area contributed by atoms with E-state index in [-0.39, 0.29) is 6.10 Å². The van der Waals surface area contributed by atoms with Crippen LogP contribution in [0.1, 0.15) is 43.4 Å². The predicted molar refractivity (Wildman–Crippen MR) is 140 cm³/mol. The van der Waals surface area contributed by atoms with E-state index < -0.39 is 0 Å². The molecule has 5 heterocycles. The number of methoxy groups -OCH3 is 1. The van der Waals surface area contributed by atoms with Crippen molar-refractivity contribution >= 4 is 21.8 Å². The van der Waals surface area contributed by atoms with E-state index in [9.17, 15) is 0 Å². The summed E-state index contributed by atoms with van der Waals surface area (Å²) >= 11 is 0. The van der Waals surface area contributed by atoms with Crippen LogP contribution >= 0.6 is 0 Å². The number of piperidine rings is 3. The summed E-state index contributed by atoms with van der Waals surface area (Å²) in [5.74, 6) is 3.07. The first-order valence-corrected chi connectivity index (χ1v) is 12.8. The summed E-state index contributed by atoms with van der Waals surface area (Å²) in [5, 5.41) is 2.26. The van der Waals surface area contributed by atoms with Crippen LogP contribution in [0.4, 0.5) is 0 Å². The lowest BCUT2D eigenvalue weighted by atomic mass is 9.72. The Hall–Kier alpha value is -3.18. The molecule has 3 aliphatic rings. The van der Waals surface area contributed by atoms with Crippen molar-refractivity contribution in [2.45, 2.75) is 45.3 Å². The van der Waals surface area contributed by atoms with Gasteiger partial charge >= 0.3 is 0 Å². The van der Waals surface area contributed by atoms with E-state index in [4.69, 9.17) is 14.5 Å². The van der Waals surface area contributed by atoms with Gasteiger partial charge in [-0.1, -0.05) is 31.5 Å². The number of hydrogen-bond acceptors (Lipinski definition) is 5. The highest BCUT2D eigenvalue weighted by Crippen LogP contribution is 2.44. The van der Waals surface area contributed by atoms with Crippen molar-refractivity contribution in [3.05, 3.63) is 71.9 Å². The van der Waals surface area contributed by atoms with Crippen LogP contribution in [0.2, 0.25) is 0 Å². The van der Waals surface area contributed by atoms with Gasteiger partial charge in [0.15, 0.2) is 0 Å². The molecule has 2 bridgehead atoms. The Bertz CT molecular complexity index is 1370. The van der Waals surface area contributed by atoms with E-state index in [2.05, 4.69) is 60.1 Å². The molecule has 0 saturated carbocycles. The zero-order valence-electron chi connectivity index (χ0n) is 20.8. The Labute approximate surface area is 207 Å².